The predicted octanol–water partition coefficient (Wildman–Crippen LogP) is 7.51. The molecule has 0 unspecified atom stereocenters. The van der Waals surface area contributed by atoms with Crippen LogP contribution in [-0.4, -0.2) is 15.3 Å². The first kappa shape index (κ1) is 26.5. The number of allylic oxidation sites excluding steroid dienone is 2. The lowest BCUT2D eigenvalue weighted by Crippen LogP contribution is -2.05. The van der Waals surface area contributed by atoms with Crippen LogP contribution in [0.3, 0.4) is 0 Å². The van der Waals surface area contributed by atoms with E-state index in [4.69, 9.17) is 5.73 Å². The first-order valence-corrected chi connectivity index (χ1v) is 12.8. The molecule has 0 atom stereocenters. The summed E-state index contributed by atoms with van der Waals surface area (Å²) >= 11 is 1.66. The number of rotatable bonds is 6. The number of carbonyl (C=O) groups is 1. The van der Waals surface area contributed by atoms with Gasteiger partial charge in [-0.25, -0.2) is 9.37 Å². The highest BCUT2D eigenvalue weighted by Gasteiger charge is 2.13. The minimum atomic E-state index is -0.236. The Balaban J connectivity index is 0.000000241. The molecule has 0 bridgehead atoms. The Morgan fingerprint density at radius 1 is 1.11 bits per heavy atom. The van der Waals surface area contributed by atoms with E-state index >= 15 is 0 Å². The molecule has 35 heavy (non-hydrogen) atoms. The van der Waals surface area contributed by atoms with E-state index in [9.17, 15) is 9.18 Å². The van der Waals surface area contributed by atoms with Crippen molar-refractivity contribution in [1.82, 2.24) is 9.55 Å². The lowest BCUT2D eigenvalue weighted by Gasteiger charge is -2.07. The summed E-state index contributed by atoms with van der Waals surface area (Å²) in [4.78, 5) is 17.6. The van der Waals surface area contributed by atoms with Crippen LogP contribution in [0.1, 0.15) is 57.3 Å². The number of nitrogens with zero attached hydrogens (tertiary/aromatic N) is 2. The summed E-state index contributed by atoms with van der Waals surface area (Å²) in [7, 11) is 0. The number of hydrogen-bond donors (Lipinski definition) is 1. The number of halogens is 1. The van der Waals surface area contributed by atoms with Gasteiger partial charge in [0.2, 0.25) is 0 Å². The van der Waals surface area contributed by atoms with Gasteiger partial charge in [-0.3, -0.25) is 4.79 Å². The highest BCUT2D eigenvalue weighted by molar-refractivity contribution is 8.06. The SMILES string of the molecule is C=C(N)SC1=C(C)CCCCC1.CC(=O)Cc1nc(-c2ccc(F)c(C)c2)cn1-c1ccccc1. The highest BCUT2D eigenvalue weighted by atomic mass is 32.2. The summed E-state index contributed by atoms with van der Waals surface area (Å²) in [6.07, 6.45) is 8.61. The summed E-state index contributed by atoms with van der Waals surface area (Å²) < 4.78 is 15.4. The van der Waals surface area contributed by atoms with Crippen molar-refractivity contribution in [2.75, 3.05) is 0 Å². The van der Waals surface area contributed by atoms with Crippen LogP contribution in [0.25, 0.3) is 16.9 Å². The van der Waals surface area contributed by atoms with E-state index in [0.29, 0.717) is 11.4 Å². The maximum absolute atomic E-state index is 13.5. The molecule has 1 heterocycles. The zero-order valence-corrected chi connectivity index (χ0v) is 21.6. The van der Waals surface area contributed by atoms with Gasteiger partial charge in [0.1, 0.15) is 17.4 Å². The topological polar surface area (TPSA) is 60.9 Å². The second kappa shape index (κ2) is 12.5. The Bertz CT molecular complexity index is 1210. The molecule has 184 valence electrons. The van der Waals surface area contributed by atoms with Gasteiger partial charge >= 0.3 is 0 Å². The molecule has 1 aliphatic rings. The van der Waals surface area contributed by atoms with Crippen LogP contribution < -0.4 is 5.73 Å². The smallest absolute Gasteiger partial charge is 0.137 e. The fraction of sp³-hybridized carbons (Fsp3) is 0.310. The number of hydrogen-bond acceptors (Lipinski definition) is 4. The molecule has 6 heteroatoms. The van der Waals surface area contributed by atoms with Crippen LogP contribution in [0.15, 0.2) is 76.8 Å². The fourth-order valence-electron chi connectivity index (χ4n) is 4.02. The molecule has 0 amide bonds. The van der Waals surface area contributed by atoms with Crippen molar-refractivity contribution in [2.45, 2.75) is 59.3 Å². The van der Waals surface area contributed by atoms with Crippen LogP contribution >= 0.6 is 11.8 Å². The third-order valence-electron chi connectivity index (χ3n) is 5.86. The molecular formula is C29H34FN3OS. The van der Waals surface area contributed by atoms with E-state index in [0.717, 1.165) is 22.0 Å². The summed E-state index contributed by atoms with van der Waals surface area (Å²) in [5.41, 5.74) is 10.2. The number of para-hydroxylation sites is 1. The van der Waals surface area contributed by atoms with E-state index in [1.54, 1.807) is 37.7 Å². The van der Waals surface area contributed by atoms with Crippen molar-refractivity contribution in [3.63, 3.8) is 0 Å². The largest absolute Gasteiger partial charge is 0.394 e. The van der Waals surface area contributed by atoms with Gasteiger partial charge < -0.3 is 10.3 Å². The second-order valence-corrected chi connectivity index (χ2v) is 10.1. The number of carbonyl (C=O) groups excluding carboxylic acids is 1. The lowest BCUT2D eigenvalue weighted by molar-refractivity contribution is -0.116. The van der Waals surface area contributed by atoms with Gasteiger partial charge in [-0.15, -0.1) is 0 Å². The number of aryl methyl sites for hydroxylation is 1. The number of Topliss-reactive ketones (excluding diaryl/α,β-unsaturated/α-hetero) is 1. The number of benzene rings is 2. The zero-order chi connectivity index (χ0) is 25.4. The molecule has 4 nitrogen and oxygen atoms in total. The molecule has 0 radical (unpaired) electrons. The van der Waals surface area contributed by atoms with Crippen LogP contribution in [0.2, 0.25) is 0 Å². The van der Waals surface area contributed by atoms with Gasteiger partial charge in [0.15, 0.2) is 0 Å². The maximum Gasteiger partial charge on any atom is 0.137 e. The number of ketones is 1. The quantitative estimate of drug-likeness (QED) is 0.388. The van der Waals surface area contributed by atoms with E-state index < -0.39 is 0 Å². The van der Waals surface area contributed by atoms with Crippen molar-refractivity contribution in [2.24, 2.45) is 5.73 Å². The summed E-state index contributed by atoms with van der Waals surface area (Å²) in [6.45, 7) is 9.21. The van der Waals surface area contributed by atoms with Crippen molar-refractivity contribution >= 4 is 17.5 Å². The standard InChI is InChI=1S/C19H17FN2O.C10H17NS/c1-13-10-15(8-9-17(13)20)18-12-22(16-6-4-3-5-7-16)19(21-18)11-14(2)23;1-8-6-4-3-5-7-10(8)12-9(2)11/h3-10,12H,11H2,1-2H3;2-7,11H2,1H3. The molecule has 4 rings (SSSR count). The Hall–Kier alpha value is -3.12. The van der Waals surface area contributed by atoms with Crippen molar-refractivity contribution in [1.29, 1.82) is 0 Å². The second-order valence-electron chi connectivity index (χ2n) is 8.92. The molecule has 0 aliphatic heterocycles. The fourth-order valence-corrected chi connectivity index (χ4v) is 4.86. The van der Waals surface area contributed by atoms with Crippen molar-refractivity contribution in [3.05, 3.63) is 94.0 Å². The Labute approximate surface area is 212 Å². The maximum atomic E-state index is 13.5. The van der Waals surface area contributed by atoms with Crippen LogP contribution in [0, 0.1) is 12.7 Å². The monoisotopic (exact) mass is 491 g/mol. The minimum Gasteiger partial charge on any atom is -0.394 e. The van der Waals surface area contributed by atoms with E-state index in [1.807, 2.05) is 41.1 Å². The number of imidazole rings is 1. The van der Waals surface area contributed by atoms with Gasteiger partial charge in [0.25, 0.3) is 0 Å². The third kappa shape index (κ3) is 7.69. The third-order valence-corrected chi connectivity index (χ3v) is 6.92. The first-order chi connectivity index (χ1) is 16.7. The number of aromatic nitrogens is 2. The molecule has 0 saturated heterocycles. The summed E-state index contributed by atoms with van der Waals surface area (Å²) in [5.74, 6) is 0.496. The minimum absolute atomic E-state index is 0.0506. The van der Waals surface area contributed by atoms with Crippen LogP contribution in [0.5, 0.6) is 0 Å². The normalized spacial score (nSPS) is 13.6. The summed E-state index contributed by atoms with van der Waals surface area (Å²) in [5, 5.41) is 0.728. The molecule has 1 aliphatic carbocycles. The van der Waals surface area contributed by atoms with Gasteiger partial charge in [-0.1, -0.05) is 48.5 Å². The molecule has 1 aromatic heterocycles. The zero-order valence-electron chi connectivity index (χ0n) is 20.8. The van der Waals surface area contributed by atoms with Crippen LogP contribution in [0.4, 0.5) is 4.39 Å². The molecule has 2 N–H and O–H groups in total. The predicted molar refractivity (Wildman–Crippen MR) is 145 cm³/mol. The Kier molecular flexibility index (Phi) is 9.49. The van der Waals surface area contributed by atoms with Gasteiger partial charge in [0, 0.05) is 17.4 Å². The average Bonchev–Trinajstić information content (AvgIpc) is 3.13. The lowest BCUT2D eigenvalue weighted by atomic mass is 10.1. The molecule has 0 fully saturated rings. The molecule has 0 spiro atoms. The summed E-state index contributed by atoms with van der Waals surface area (Å²) in [6, 6.07) is 14.7. The average molecular weight is 492 g/mol. The molecule has 3 aromatic rings. The highest BCUT2D eigenvalue weighted by Crippen LogP contribution is 2.33. The Morgan fingerprint density at radius 3 is 2.49 bits per heavy atom. The van der Waals surface area contributed by atoms with Crippen LogP contribution in [-0.2, 0) is 11.2 Å². The number of thioether (sulfide) groups is 1. The Morgan fingerprint density at radius 2 is 1.83 bits per heavy atom. The van der Waals surface area contributed by atoms with E-state index in [2.05, 4.69) is 18.5 Å². The van der Waals surface area contributed by atoms with Crippen molar-refractivity contribution < 1.29 is 9.18 Å². The van der Waals surface area contributed by atoms with Gasteiger partial charge in [-0.05, 0) is 87.3 Å². The molecule has 2 aromatic carbocycles. The van der Waals surface area contributed by atoms with E-state index in [1.165, 1.54) is 48.6 Å². The number of nitrogens with two attached hydrogens (primary N) is 1. The molecular weight excluding hydrogens is 457 g/mol. The van der Waals surface area contributed by atoms with E-state index in [-0.39, 0.29) is 18.0 Å². The molecule has 0 saturated carbocycles. The van der Waals surface area contributed by atoms with Gasteiger partial charge in [-0.2, -0.15) is 0 Å². The first-order valence-electron chi connectivity index (χ1n) is 11.9. The van der Waals surface area contributed by atoms with Crippen molar-refractivity contribution in [3.8, 4) is 16.9 Å². The van der Waals surface area contributed by atoms with Gasteiger partial charge in [0.05, 0.1) is 17.1 Å².